The molecule has 0 spiro atoms. The number of hydrogen-bond acceptors (Lipinski definition) is 0. The van der Waals surface area contributed by atoms with Crippen molar-refractivity contribution in [2.24, 2.45) is 0 Å². The molecule has 0 radical (unpaired) electrons. The van der Waals surface area contributed by atoms with Crippen molar-refractivity contribution in [2.45, 2.75) is 23.4 Å². The molecular formula is C12H14Zr. The third-order valence-corrected chi connectivity index (χ3v) is 7.14. The van der Waals surface area contributed by atoms with E-state index in [-0.39, 0.29) is 0 Å². The van der Waals surface area contributed by atoms with Crippen LogP contribution in [0.2, 0.25) is 3.12 Å². The van der Waals surface area contributed by atoms with Crippen LogP contribution in [0.1, 0.15) is 20.3 Å². The second kappa shape index (κ2) is 3.54. The molecule has 2 rings (SSSR count). The van der Waals surface area contributed by atoms with Gasteiger partial charge in [0.15, 0.2) is 0 Å². The van der Waals surface area contributed by atoms with Crippen molar-refractivity contribution in [1.82, 2.24) is 0 Å². The van der Waals surface area contributed by atoms with E-state index in [0.29, 0.717) is 3.12 Å². The molecule has 0 heterocycles. The van der Waals surface area contributed by atoms with E-state index in [1.165, 1.54) is 6.42 Å². The van der Waals surface area contributed by atoms with Crippen LogP contribution >= 0.6 is 0 Å². The van der Waals surface area contributed by atoms with Crippen molar-refractivity contribution in [3.8, 4) is 0 Å². The zero-order chi connectivity index (χ0) is 9.31. The van der Waals surface area contributed by atoms with E-state index in [1.54, 1.807) is 8.85 Å². The molecule has 0 nitrogen and oxygen atoms in total. The van der Waals surface area contributed by atoms with Crippen LogP contribution in [0.25, 0.3) is 0 Å². The third kappa shape index (κ3) is 1.86. The minimum atomic E-state index is -0.431. The molecule has 0 aromatic carbocycles. The SMILES string of the molecule is CC1=CC=C[C]1(C)[Zr][C]1=CC=CC1. The van der Waals surface area contributed by atoms with Gasteiger partial charge in [0.05, 0.1) is 0 Å². The maximum absolute atomic E-state index is 2.40. The standard InChI is InChI=1S/C7H9.C5H5.Zr/c1-6-4-3-5-7(6)2;1-2-4-5-3-1;/h3-5H,1-2H3;1-3H,4H2;. The Balaban J connectivity index is 2.09. The van der Waals surface area contributed by atoms with Crippen LogP contribution in [-0.2, 0) is 23.2 Å². The Hall–Kier alpha value is -0.157. The topological polar surface area (TPSA) is 0 Å². The molecule has 1 heteroatoms. The summed E-state index contributed by atoms with van der Waals surface area (Å²) in [4.78, 5) is 0. The number of rotatable bonds is 2. The Morgan fingerprint density at radius 2 is 2.15 bits per heavy atom. The first-order valence-corrected chi connectivity index (χ1v) is 7.17. The maximum atomic E-state index is 2.40. The van der Waals surface area contributed by atoms with Crippen LogP contribution in [0.5, 0.6) is 0 Å². The van der Waals surface area contributed by atoms with E-state index in [1.807, 2.05) is 0 Å². The molecule has 2 aliphatic carbocycles. The molecule has 0 saturated heterocycles. The van der Waals surface area contributed by atoms with Gasteiger partial charge in [0.25, 0.3) is 0 Å². The van der Waals surface area contributed by atoms with Gasteiger partial charge in [0, 0.05) is 0 Å². The van der Waals surface area contributed by atoms with Crippen LogP contribution in [0.4, 0.5) is 0 Å². The van der Waals surface area contributed by atoms with Gasteiger partial charge in [0.1, 0.15) is 0 Å². The fourth-order valence-corrected chi connectivity index (χ4v) is 5.46. The fourth-order valence-electron chi connectivity index (χ4n) is 1.70. The molecule has 13 heavy (non-hydrogen) atoms. The molecule has 0 aliphatic heterocycles. The second-order valence-corrected chi connectivity index (χ2v) is 8.61. The predicted molar refractivity (Wildman–Crippen MR) is 53.1 cm³/mol. The molecule has 0 saturated carbocycles. The van der Waals surface area contributed by atoms with E-state index in [2.05, 4.69) is 50.3 Å². The first-order chi connectivity index (χ1) is 6.21. The number of hydrogen-bond donors (Lipinski definition) is 0. The van der Waals surface area contributed by atoms with Crippen molar-refractivity contribution in [2.75, 3.05) is 0 Å². The van der Waals surface area contributed by atoms with Crippen molar-refractivity contribution in [3.05, 3.63) is 45.3 Å². The molecule has 1 atom stereocenters. The predicted octanol–water partition coefficient (Wildman–Crippen LogP) is 3.61. The van der Waals surface area contributed by atoms with Gasteiger partial charge in [-0.25, -0.2) is 0 Å². The summed E-state index contributed by atoms with van der Waals surface area (Å²) in [7, 11) is 0. The summed E-state index contributed by atoms with van der Waals surface area (Å²) in [5, 5.41) is 0. The van der Waals surface area contributed by atoms with Gasteiger partial charge in [-0.15, -0.1) is 0 Å². The summed E-state index contributed by atoms with van der Waals surface area (Å²) in [6.07, 6.45) is 14.9. The number of allylic oxidation sites excluding steroid dienone is 8. The molecular weight excluding hydrogens is 235 g/mol. The van der Waals surface area contributed by atoms with Crippen LogP contribution in [0, 0.1) is 0 Å². The van der Waals surface area contributed by atoms with Crippen molar-refractivity contribution in [3.63, 3.8) is 0 Å². The van der Waals surface area contributed by atoms with Crippen LogP contribution in [0.15, 0.2) is 45.3 Å². The average Bonchev–Trinajstić information content (AvgIpc) is 2.65. The van der Waals surface area contributed by atoms with Gasteiger partial charge >= 0.3 is 91.9 Å². The van der Waals surface area contributed by atoms with Gasteiger partial charge in [-0.1, -0.05) is 0 Å². The van der Waals surface area contributed by atoms with E-state index < -0.39 is 23.2 Å². The third-order valence-electron chi connectivity index (χ3n) is 2.79. The Morgan fingerprint density at radius 1 is 1.31 bits per heavy atom. The summed E-state index contributed by atoms with van der Waals surface area (Å²) in [5.74, 6) is 0. The van der Waals surface area contributed by atoms with Gasteiger partial charge < -0.3 is 0 Å². The average molecular weight is 249 g/mol. The van der Waals surface area contributed by atoms with E-state index >= 15 is 0 Å². The Kier molecular flexibility index (Phi) is 2.56. The van der Waals surface area contributed by atoms with Crippen LogP contribution in [0.3, 0.4) is 0 Å². The van der Waals surface area contributed by atoms with E-state index in [9.17, 15) is 0 Å². The first kappa shape index (κ1) is 9.40. The quantitative estimate of drug-likeness (QED) is 0.701. The monoisotopic (exact) mass is 248 g/mol. The van der Waals surface area contributed by atoms with Crippen molar-refractivity contribution < 1.29 is 23.2 Å². The van der Waals surface area contributed by atoms with E-state index in [4.69, 9.17) is 0 Å². The molecule has 0 fully saturated rings. The summed E-state index contributed by atoms with van der Waals surface area (Å²) in [6.45, 7) is 4.66. The van der Waals surface area contributed by atoms with Gasteiger partial charge in [0.2, 0.25) is 0 Å². The molecule has 0 aromatic heterocycles. The van der Waals surface area contributed by atoms with Crippen molar-refractivity contribution >= 4 is 0 Å². The van der Waals surface area contributed by atoms with Crippen LogP contribution < -0.4 is 0 Å². The fraction of sp³-hybridized carbons (Fsp3) is 0.333. The zero-order valence-electron chi connectivity index (χ0n) is 8.17. The molecule has 0 amide bonds. The minimum absolute atomic E-state index is 0.431. The summed E-state index contributed by atoms with van der Waals surface area (Å²) in [5.41, 5.74) is 1.56. The van der Waals surface area contributed by atoms with E-state index in [0.717, 1.165) is 0 Å². The first-order valence-electron chi connectivity index (χ1n) is 4.71. The summed E-state index contributed by atoms with van der Waals surface area (Å²) in [6, 6.07) is 0. The van der Waals surface area contributed by atoms with Crippen molar-refractivity contribution in [1.29, 1.82) is 0 Å². The Morgan fingerprint density at radius 3 is 2.69 bits per heavy atom. The molecule has 1 unspecified atom stereocenters. The molecule has 0 bridgehead atoms. The molecule has 0 N–H and O–H groups in total. The summed E-state index contributed by atoms with van der Waals surface area (Å²) >= 11 is -0.431. The zero-order valence-corrected chi connectivity index (χ0v) is 10.6. The van der Waals surface area contributed by atoms with Gasteiger partial charge in [-0.05, 0) is 0 Å². The Labute approximate surface area is 91.7 Å². The second-order valence-electron chi connectivity index (χ2n) is 3.86. The normalized spacial score (nSPS) is 30.6. The molecule has 0 aromatic rings. The van der Waals surface area contributed by atoms with Gasteiger partial charge in [-0.3, -0.25) is 0 Å². The molecule has 2 aliphatic rings. The molecule has 66 valence electrons. The Bertz CT molecular complexity index is 331. The van der Waals surface area contributed by atoms with Gasteiger partial charge in [-0.2, -0.15) is 0 Å². The summed E-state index contributed by atoms with van der Waals surface area (Å²) < 4.78 is 2.19. The van der Waals surface area contributed by atoms with Crippen LogP contribution in [-0.4, -0.2) is 0 Å².